The number of aromatic hydroxyl groups is 1. The van der Waals surface area contributed by atoms with E-state index in [1.807, 2.05) is 0 Å². The molecule has 0 bridgehead atoms. The molecule has 224 valence electrons. The van der Waals surface area contributed by atoms with Crippen LogP contribution in [0.4, 0.5) is 5.69 Å². The number of fused-ring (bicyclic) bond motifs is 3. The minimum Gasteiger partial charge on any atom is -0.510 e. The molecule has 13 nitrogen and oxygen atoms in total. The zero-order chi connectivity index (χ0) is 31.5. The molecule has 0 radical (unpaired) electrons. The number of phenols is 1. The molecule has 3 aliphatic carbocycles. The van der Waals surface area contributed by atoms with Crippen LogP contribution < -0.4 is 11.1 Å². The van der Waals surface area contributed by atoms with Crippen molar-refractivity contribution in [3.05, 3.63) is 70.2 Å². The van der Waals surface area contributed by atoms with Gasteiger partial charge in [-0.3, -0.25) is 24.1 Å². The highest BCUT2D eigenvalue weighted by molar-refractivity contribution is 6.37. The molecule has 0 spiro atoms. The Hall–Kier alpha value is -5.01. The van der Waals surface area contributed by atoms with Gasteiger partial charge in [-0.05, 0) is 67.7 Å². The average molecular weight is 592 g/mol. The molecule has 2 aromatic rings. The Balaban J connectivity index is 1.60. The van der Waals surface area contributed by atoms with Crippen LogP contribution in [0.2, 0.25) is 0 Å². The number of Topliss-reactive ketones (excluding diaryl/α,β-unsaturated/α-hetero) is 2. The van der Waals surface area contributed by atoms with Gasteiger partial charge in [0, 0.05) is 17.2 Å². The molecule has 0 aliphatic heterocycles. The SMILES string of the molecule is COC(=O)C(=O)Nc1ccc(-c2ccc(O)c3c2CC2CC4C(N(C)C)C(O)=C(C(N)=O)C(=O)C4(O)C(O)=C2C3=O)cc1. The molecule has 7 N–H and O–H groups in total. The first-order valence-corrected chi connectivity index (χ1v) is 13.2. The number of carbonyl (C=O) groups is 5. The van der Waals surface area contributed by atoms with Crippen LogP contribution in [0, 0.1) is 11.8 Å². The maximum absolute atomic E-state index is 13.9. The zero-order valence-corrected chi connectivity index (χ0v) is 23.4. The van der Waals surface area contributed by atoms with Crippen LogP contribution >= 0.6 is 0 Å². The van der Waals surface area contributed by atoms with Gasteiger partial charge in [-0.25, -0.2) is 4.79 Å². The number of rotatable bonds is 4. The molecule has 4 atom stereocenters. The Labute approximate surface area is 244 Å². The summed E-state index contributed by atoms with van der Waals surface area (Å²) in [5.41, 5.74) is 3.32. The van der Waals surface area contributed by atoms with E-state index in [1.54, 1.807) is 44.4 Å². The lowest BCUT2D eigenvalue weighted by atomic mass is 9.58. The van der Waals surface area contributed by atoms with E-state index in [0.29, 0.717) is 22.4 Å². The molecule has 43 heavy (non-hydrogen) atoms. The number of nitrogens with two attached hydrogens (primary N) is 1. The minimum atomic E-state index is -2.72. The summed E-state index contributed by atoms with van der Waals surface area (Å²) in [5.74, 6) is -9.26. The number of allylic oxidation sites excluding steroid dienone is 1. The van der Waals surface area contributed by atoms with Crippen molar-refractivity contribution < 1.29 is 49.1 Å². The summed E-state index contributed by atoms with van der Waals surface area (Å²) < 4.78 is 4.40. The molecule has 4 unspecified atom stereocenters. The van der Waals surface area contributed by atoms with Gasteiger partial charge < -0.3 is 36.2 Å². The Morgan fingerprint density at radius 1 is 1.05 bits per heavy atom. The normalized spacial score (nSPS) is 24.7. The lowest BCUT2D eigenvalue weighted by molar-refractivity contribution is -0.150. The summed E-state index contributed by atoms with van der Waals surface area (Å²) in [7, 11) is 4.19. The van der Waals surface area contributed by atoms with Gasteiger partial charge in [-0.1, -0.05) is 18.2 Å². The molecular formula is C30H29N3O10. The van der Waals surface area contributed by atoms with E-state index in [1.165, 1.54) is 11.0 Å². The van der Waals surface area contributed by atoms with Gasteiger partial charge in [-0.15, -0.1) is 0 Å². The summed E-state index contributed by atoms with van der Waals surface area (Å²) in [5, 5.41) is 47.2. The Bertz CT molecular complexity index is 1670. The highest BCUT2D eigenvalue weighted by Crippen LogP contribution is 2.53. The van der Waals surface area contributed by atoms with E-state index in [9.17, 15) is 44.4 Å². The number of carbonyl (C=O) groups excluding carboxylic acids is 5. The third-order valence-electron chi connectivity index (χ3n) is 8.43. The highest BCUT2D eigenvalue weighted by Gasteiger charge is 2.63. The van der Waals surface area contributed by atoms with Crippen molar-refractivity contribution in [1.29, 1.82) is 0 Å². The largest absolute Gasteiger partial charge is 0.510 e. The maximum Gasteiger partial charge on any atom is 0.396 e. The third-order valence-corrected chi connectivity index (χ3v) is 8.43. The van der Waals surface area contributed by atoms with Crippen LogP contribution in [0.1, 0.15) is 22.3 Å². The fourth-order valence-corrected chi connectivity index (χ4v) is 6.53. The molecule has 2 amide bonds. The molecule has 0 saturated carbocycles. The molecule has 2 aromatic carbocycles. The van der Waals surface area contributed by atoms with Crippen LogP contribution in [-0.2, 0) is 30.3 Å². The van der Waals surface area contributed by atoms with Crippen molar-refractivity contribution in [3.63, 3.8) is 0 Å². The summed E-state index contributed by atoms with van der Waals surface area (Å²) in [6.07, 6.45) is 0.0679. The summed E-state index contributed by atoms with van der Waals surface area (Å²) in [6.45, 7) is 0. The van der Waals surface area contributed by atoms with Crippen LogP contribution in [0.25, 0.3) is 11.1 Å². The number of ketones is 2. The Morgan fingerprint density at radius 2 is 1.70 bits per heavy atom. The number of hydrogen-bond acceptors (Lipinski definition) is 11. The second kappa shape index (κ2) is 10.4. The number of nitrogens with zero attached hydrogens (tertiary/aromatic N) is 1. The smallest absolute Gasteiger partial charge is 0.396 e. The highest BCUT2D eigenvalue weighted by atomic mass is 16.5. The van der Waals surface area contributed by atoms with Crippen molar-refractivity contribution in [2.45, 2.75) is 24.5 Å². The number of primary amides is 1. The lowest BCUT2D eigenvalue weighted by Crippen LogP contribution is -2.63. The number of methoxy groups -OCH3 is 1. The molecular weight excluding hydrogens is 562 g/mol. The average Bonchev–Trinajstić information content (AvgIpc) is 2.94. The Kier molecular flexibility index (Phi) is 7.11. The summed E-state index contributed by atoms with van der Waals surface area (Å²) in [6, 6.07) is 8.18. The number of aliphatic hydroxyl groups excluding tert-OH is 2. The maximum atomic E-state index is 13.9. The van der Waals surface area contributed by atoms with E-state index < -0.39 is 69.9 Å². The first kappa shape index (κ1) is 29.5. The number of hydrogen-bond donors (Lipinski definition) is 6. The number of anilines is 1. The predicted octanol–water partition coefficient (Wildman–Crippen LogP) is 0.899. The fourth-order valence-electron chi connectivity index (χ4n) is 6.53. The van der Waals surface area contributed by atoms with Gasteiger partial charge >= 0.3 is 11.9 Å². The van der Waals surface area contributed by atoms with E-state index in [4.69, 9.17) is 5.73 Å². The quantitative estimate of drug-likeness (QED) is 0.167. The standard InChI is InChI=1S/C30H29N3O10/c1-33(2)22-17-11-13-10-16-15(12-4-6-14(7-5-12)32-28(40)29(41)43-3)8-9-18(34)20(16)23(35)19(13)25(37)30(17,42)26(38)21(24(22)36)27(31)39/h4-9,13,17,22,34,36-37,42H,10-11H2,1-3H3,(H2,31,39)(H,32,40). The van der Waals surface area contributed by atoms with Gasteiger partial charge in [-0.2, -0.15) is 0 Å². The number of aliphatic hydroxyl groups is 3. The van der Waals surface area contributed by atoms with Gasteiger partial charge in [0.05, 0.1) is 18.7 Å². The summed E-state index contributed by atoms with van der Waals surface area (Å²) in [4.78, 5) is 64.2. The topological polar surface area (TPSA) is 217 Å². The number of likely N-dealkylation sites (N-methyl/N-ethyl adjacent to an activating group) is 1. The molecule has 0 aromatic heterocycles. The third kappa shape index (κ3) is 4.35. The van der Waals surface area contributed by atoms with Crippen molar-refractivity contribution in [2.24, 2.45) is 17.6 Å². The molecule has 13 heteroatoms. The molecule has 0 saturated heterocycles. The number of ether oxygens (including phenoxy) is 1. The van der Waals surface area contributed by atoms with E-state index in [0.717, 1.165) is 7.11 Å². The number of esters is 1. The van der Waals surface area contributed by atoms with Crippen molar-refractivity contribution in [2.75, 3.05) is 26.5 Å². The first-order chi connectivity index (χ1) is 20.2. The predicted molar refractivity (Wildman–Crippen MR) is 150 cm³/mol. The number of phenolic OH excluding ortho intramolecular Hbond substituents is 1. The lowest BCUT2D eigenvalue weighted by Gasteiger charge is -2.50. The van der Waals surface area contributed by atoms with Gasteiger partial charge in [0.1, 0.15) is 22.8 Å². The van der Waals surface area contributed by atoms with Crippen LogP contribution in [0.15, 0.2) is 59.1 Å². The zero-order valence-electron chi connectivity index (χ0n) is 23.4. The van der Waals surface area contributed by atoms with Crippen molar-refractivity contribution >= 4 is 35.0 Å². The van der Waals surface area contributed by atoms with E-state index in [2.05, 4.69) is 10.1 Å². The van der Waals surface area contributed by atoms with Crippen LogP contribution in [0.5, 0.6) is 5.75 Å². The second-order valence-electron chi connectivity index (χ2n) is 11.0. The first-order valence-electron chi connectivity index (χ1n) is 13.2. The molecule has 0 fully saturated rings. The van der Waals surface area contributed by atoms with Crippen molar-refractivity contribution in [1.82, 2.24) is 4.90 Å². The number of benzene rings is 2. The van der Waals surface area contributed by atoms with Gasteiger partial charge in [0.15, 0.2) is 11.4 Å². The summed E-state index contributed by atoms with van der Waals surface area (Å²) >= 11 is 0. The van der Waals surface area contributed by atoms with E-state index in [-0.39, 0.29) is 29.7 Å². The van der Waals surface area contributed by atoms with Gasteiger partial charge in [0.2, 0.25) is 5.78 Å². The second-order valence-corrected chi connectivity index (χ2v) is 11.0. The van der Waals surface area contributed by atoms with Gasteiger partial charge in [0.25, 0.3) is 5.91 Å². The number of amides is 2. The number of nitrogens with one attached hydrogen (secondary N) is 1. The van der Waals surface area contributed by atoms with Crippen LogP contribution in [0.3, 0.4) is 0 Å². The van der Waals surface area contributed by atoms with E-state index >= 15 is 0 Å². The molecule has 5 rings (SSSR count). The Morgan fingerprint density at radius 3 is 2.28 bits per heavy atom. The van der Waals surface area contributed by atoms with Crippen LogP contribution in [-0.4, -0.2) is 87.5 Å². The minimum absolute atomic E-state index is 0.0423. The molecule has 3 aliphatic rings. The fraction of sp³-hybridized carbons (Fsp3) is 0.300. The monoisotopic (exact) mass is 591 g/mol. The van der Waals surface area contributed by atoms with Crippen molar-refractivity contribution in [3.8, 4) is 16.9 Å². The molecule has 0 heterocycles.